The molecule has 2 aliphatic rings. The normalized spacial score (nSPS) is 19.9. The number of thioether (sulfide) groups is 1. The van der Waals surface area contributed by atoms with E-state index in [-0.39, 0.29) is 10.9 Å². The van der Waals surface area contributed by atoms with Crippen LogP contribution in [-0.2, 0) is 14.8 Å². The van der Waals surface area contributed by atoms with Crippen molar-refractivity contribution in [2.24, 2.45) is 5.92 Å². The van der Waals surface area contributed by atoms with Crippen molar-refractivity contribution in [2.75, 3.05) is 24.2 Å². The van der Waals surface area contributed by atoms with E-state index in [1.807, 2.05) is 42.7 Å². The third kappa shape index (κ3) is 5.85. The van der Waals surface area contributed by atoms with E-state index in [1.165, 1.54) is 11.8 Å². The van der Waals surface area contributed by atoms with Gasteiger partial charge in [0, 0.05) is 30.9 Å². The Morgan fingerprint density at radius 3 is 2.60 bits per heavy atom. The maximum atomic E-state index is 14.2. The molecule has 1 aliphatic heterocycles. The van der Waals surface area contributed by atoms with E-state index in [0.29, 0.717) is 30.4 Å². The maximum absolute atomic E-state index is 14.2. The van der Waals surface area contributed by atoms with Crippen LogP contribution in [0, 0.1) is 5.92 Å². The Hall–Kier alpha value is -2.49. The zero-order chi connectivity index (χ0) is 25.0. The van der Waals surface area contributed by atoms with Crippen LogP contribution >= 0.6 is 11.8 Å². The van der Waals surface area contributed by atoms with Gasteiger partial charge < -0.3 is 14.7 Å². The Labute approximate surface area is 211 Å². The standard InChI is InChI=1S/C26H32N2O5S2/c1-3-4-8-21-18-27(20-9-6-5-7-10-20)22-15-24(34-2)23(33-14-13-26(29)30)16-25(22)35(31,32)28(21)17-19-11-12-19/h5-7,9-10,13-16,19,21H,3-4,8,11-12,17-18H2,1-2H3,(H,29,30)/b14-13+. The van der Waals surface area contributed by atoms with Gasteiger partial charge in [0.2, 0.25) is 10.0 Å². The molecule has 7 nitrogen and oxygen atoms in total. The van der Waals surface area contributed by atoms with Crippen LogP contribution in [0.25, 0.3) is 0 Å². The third-order valence-electron chi connectivity index (χ3n) is 6.42. The smallest absolute Gasteiger partial charge is 0.331 e. The highest BCUT2D eigenvalue weighted by molar-refractivity contribution is 7.98. The van der Waals surface area contributed by atoms with Crippen molar-refractivity contribution in [3.8, 4) is 5.75 Å². The van der Waals surface area contributed by atoms with Gasteiger partial charge in [-0.1, -0.05) is 38.0 Å². The number of para-hydroxylation sites is 1. The Bertz CT molecular complexity index is 1180. The summed E-state index contributed by atoms with van der Waals surface area (Å²) in [6, 6.07) is 13.1. The van der Waals surface area contributed by atoms with Crippen LogP contribution in [0.1, 0.15) is 39.0 Å². The van der Waals surface area contributed by atoms with Gasteiger partial charge in [-0.25, -0.2) is 13.2 Å². The number of aliphatic carboxylic acids is 1. The number of ether oxygens (including phenoxy) is 1. The lowest BCUT2D eigenvalue weighted by molar-refractivity contribution is -0.131. The molecule has 0 aromatic heterocycles. The van der Waals surface area contributed by atoms with Gasteiger partial charge in [0.15, 0.2) is 0 Å². The Morgan fingerprint density at radius 1 is 1.23 bits per heavy atom. The summed E-state index contributed by atoms with van der Waals surface area (Å²) in [5, 5.41) is 8.93. The van der Waals surface area contributed by atoms with Gasteiger partial charge in [-0.05, 0) is 49.6 Å². The highest BCUT2D eigenvalue weighted by atomic mass is 32.2. The largest absolute Gasteiger partial charge is 0.478 e. The van der Waals surface area contributed by atoms with Crippen LogP contribution in [0.4, 0.5) is 11.4 Å². The first-order valence-corrected chi connectivity index (χ1v) is 14.6. The lowest BCUT2D eigenvalue weighted by Gasteiger charge is -2.31. The van der Waals surface area contributed by atoms with Crippen molar-refractivity contribution >= 4 is 39.1 Å². The van der Waals surface area contributed by atoms with Gasteiger partial charge in [0.05, 0.1) is 22.9 Å². The van der Waals surface area contributed by atoms with Crippen LogP contribution in [0.5, 0.6) is 5.75 Å². The van der Waals surface area contributed by atoms with Crippen LogP contribution < -0.4 is 9.64 Å². The van der Waals surface area contributed by atoms with E-state index < -0.39 is 16.0 Å². The molecule has 2 aromatic rings. The van der Waals surface area contributed by atoms with E-state index in [2.05, 4.69) is 11.8 Å². The summed E-state index contributed by atoms with van der Waals surface area (Å²) in [6.45, 7) is 3.22. The number of benzene rings is 2. The number of anilines is 2. The molecule has 188 valence electrons. The number of hydrogen-bond acceptors (Lipinski definition) is 6. The quantitative estimate of drug-likeness (QED) is 0.254. The fourth-order valence-electron chi connectivity index (χ4n) is 4.42. The van der Waals surface area contributed by atoms with E-state index in [4.69, 9.17) is 9.84 Å². The molecular formula is C26H32N2O5S2. The molecule has 1 atom stereocenters. The summed E-state index contributed by atoms with van der Waals surface area (Å²) < 4.78 is 35.7. The lowest BCUT2D eigenvalue weighted by Crippen LogP contribution is -2.44. The molecule has 1 heterocycles. The molecule has 1 fully saturated rings. The van der Waals surface area contributed by atoms with Crippen LogP contribution in [0.15, 0.2) is 64.6 Å². The van der Waals surface area contributed by atoms with Gasteiger partial charge in [0.1, 0.15) is 10.6 Å². The molecule has 0 bridgehead atoms. The molecule has 0 saturated heterocycles. The molecule has 4 rings (SSSR count). The molecule has 0 radical (unpaired) electrons. The number of unbranched alkanes of at least 4 members (excludes halogenated alkanes) is 1. The molecule has 1 unspecified atom stereocenters. The van der Waals surface area contributed by atoms with Gasteiger partial charge >= 0.3 is 5.97 Å². The first-order valence-electron chi connectivity index (χ1n) is 12.0. The summed E-state index contributed by atoms with van der Waals surface area (Å²) >= 11 is 1.43. The average molecular weight is 517 g/mol. The highest BCUT2D eigenvalue weighted by Crippen LogP contribution is 2.45. The van der Waals surface area contributed by atoms with Gasteiger partial charge in [-0.3, -0.25) is 0 Å². The minimum atomic E-state index is -3.82. The Kier molecular flexibility index (Phi) is 8.09. The van der Waals surface area contributed by atoms with Crippen molar-refractivity contribution in [2.45, 2.75) is 54.9 Å². The van der Waals surface area contributed by atoms with Crippen molar-refractivity contribution in [1.82, 2.24) is 4.31 Å². The summed E-state index contributed by atoms with van der Waals surface area (Å²) in [5.41, 5.74) is 1.56. The van der Waals surface area contributed by atoms with Crippen LogP contribution in [0.2, 0.25) is 0 Å². The zero-order valence-corrected chi connectivity index (χ0v) is 21.7. The number of carbonyl (C=O) groups is 1. The number of rotatable bonds is 10. The predicted molar refractivity (Wildman–Crippen MR) is 139 cm³/mol. The number of sulfonamides is 1. The van der Waals surface area contributed by atoms with Crippen LogP contribution in [0.3, 0.4) is 0 Å². The van der Waals surface area contributed by atoms with E-state index in [9.17, 15) is 13.2 Å². The molecule has 1 aliphatic carbocycles. The molecule has 9 heteroatoms. The minimum Gasteiger partial charge on any atom is -0.478 e. The topological polar surface area (TPSA) is 87.1 Å². The second-order valence-electron chi connectivity index (χ2n) is 8.99. The van der Waals surface area contributed by atoms with E-state index in [1.54, 1.807) is 10.4 Å². The fraction of sp³-hybridized carbons (Fsp3) is 0.423. The molecule has 1 N–H and O–H groups in total. The number of hydrogen-bond donors (Lipinski definition) is 1. The monoisotopic (exact) mass is 516 g/mol. The first-order chi connectivity index (χ1) is 16.8. The summed E-state index contributed by atoms with van der Waals surface area (Å²) in [7, 11) is -3.82. The zero-order valence-electron chi connectivity index (χ0n) is 20.1. The van der Waals surface area contributed by atoms with Gasteiger partial charge in [-0.15, -0.1) is 11.8 Å². The second-order valence-corrected chi connectivity index (χ2v) is 11.7. The number of carboxylic acids is 1. The first kappa shape index (κ1) is 25.6. The number of carboxylic acid groups (broad SMARTS) is 1. The lowest BCUT2D eigenvalue weighted by atomic mass is 10.1. The van der Waals surface area contributed by atoms with Crippen molar-refractivity contribution in [1.29, 1.82) is 0 Å². The number of nitrogens with zero attached hydrogens (tertiary/aromatic N) is 2. The summed E-state index contributed by atoms with van der Waals surface area (Å²) in [4.78, 5) is 13.9. The van der Waals surface area contributed by atoms with Crippen molar-refractivity contribution in [3.05, 3.63) is 54.8 Å². The highest BCUT2D eigenvalue weighted by Gasteiger charge is 2.42. The molecule has 0 spiro atoms. The van der Waals surface area contributed by atoms with Gasteiger partial charge in [-0.2, -0.15) is 4.31 Å². The molecule has 1 saturated carbocycles. The summed E-state index contributed by atoms with van der Waals surface area (Å²) in [5.74, 6) is -0.410. The van der Waals surface area contributed by atoms with Crippen LogP contribution in [-0.4, -0.2) is 49.2 Å². The third-order valence-corrected chi connectivity index (χ3v) is 9.13. The van der Waals surface area contributed by atoms with Crippen molar-refractivity contribution in [3.63, 3.8) is 0 Å². The van der Waals surface area contributed by atoms with Gasteiger partial charge in [0.25, 0.3) is 0 Å². The van der Waals surface area contributed by atoms with Crippen molar-refractivity contribution < 1.29 is 23.1 Å². The van der Waals surface area contributed by atoms with E-state index in [0.717, 1.165) is 55.0 Å². The average Bonchev–Trinajstić information content (AvgIpc) is 3.68. The summed E-state index contributed by atoms with van der Waals surface area (Å²) in [6.07, 6.45) is 8.70. The SMILES string of the molecule is CCCCC1CN(c2ccccc2)c2cc(SC)c(O/C=C/C(=O)O)cc2S(=O)(=O)N1CC1CC1. The number of fused-ring (bicyclic) bond motifs is 1. The maximum Gasteiger partial charge on any atom is 0.331 e. The Morgan fingerprint density at radius 2 is 1.97 bits per heavy atom. The second kappa shape index (κ2) is 11.1. The predicted octanol–water partition coefficient (Wildman–Crippen LogP) is 5.50. The molecule has 2 aromatic carbocycles. The molecular weight excluding hydrogens is 484 g/mol. The molecule has 35 heavy (non-hydrogen) atoms. The van der Waals surface area contributed by atoms with E-state index >= 15 is 0 Å². The Balaban J connectivity index is 1.89. The fourth-order valence-corrected chi connectivity index (χ4v) is 6.87. The minimum absolute atomic E-state index is 0.151. The molecule has 0 amide bonds.